The number of aromatic amines is 1. The molecule has 1 aromatic heterocycles. The first-order chi connectivity index (χ1) is 11.5. The van der Waals surface area contributed by atoms with Gasteiger partial charge in [-0.05, 0) is 44.2 Å². The highest BCUT2D eigenvalue weighted by molar-refractivity contribution is 5.94. The number of hydrogen-bond acceptors (Lipinski definition) is 4. The van der Waals surface area contributed by atoms with Gasteiger partial charge in [0.05, 0.1) is 12.4 Å². The second-order valence-electron chi connectivity index (χ2n) is 6.42. The second kappa shape index (κ2) is 6.57. The summed E-state index contributed by atoms with van der Waals surface area (Å²) in [5.74, 6) is 0.0588. The van der Waals surface area contributed by atoms with Crippen LogP contribution in [-0.2, 0) is 6.42 Å². The minimum absolute atomic E-state index is 0.0588. The van der Waals surface area contributed by atoms with E-state index in [0.29, 0.717) is 24.2 Å². The summed E-state index contributed by atoms with van der Waals surface area (Å²) in [7, 11) is 2.01. The number of rotatable bonds is 3. The molecule has 0 spiro atoms. The molecule has 0 atom stereocenters. The first-order valence-electron chi connectivity index (χ1n) is 8.07. The van der Waals surface area contributed by atoms with Crippen molar-refractivity contribution in [2.75, 3.05) is 26.8 Å². The van der Waals surface area contributed by atoms with Crippen LogP contribution in [-0.4, -0.2) is 52.7 Å². The van der Waals surface area contributed by atoms with Gasteiger partial charge in [0.25, 0.3) is 11.5 Å². The van der Waals surface area contributed by atoms with Crippen LogP contribution >= 0.6 is 0 Å². The Bertz CT molecular complexity index is 828. The lowest BCUT2D eigenvalue weighted by Gasteiger charge is -2.16. The maximum atomic E-state index is 12.6. The molecule has 1 saturated heterocycles. The Balaban J connectivity index is 1.82. The summed E-state index contributed by atoms with van der Waals surface area (Å²) in [6.45, 7) is 6.04. The van der Waals surface area contributed by atoms with E-state index < -0.39 is 0 Å². The summed E-state index contributed by atoms with van der Waals surface area (Å²) in [6.07, 6.45) is 0.588. The van der Waals surface area contributed by atoms with Gasteiger partial charge in [0.15, 0.2) is 0 Å². The van der Waals surface area contributed by atoms with Gasteiger partial charge in [-0.1, -0.05) is 12.1 Å². The SMILES string of the molecule is Cc1c(Cc2cccc(C(=O)N3CCN(C)C3)c2)n[nH]c(=O)c1C. The minimum Gasteiger partial charge on any atom is -0.324 e. The minimum atomic E-state index is -0.154. The number of nitrogens with zero attached hydrogens (tertiary/aromatic N) is 3. The fourth-order valence-corrected chi connectivity index (χ4v) is 2.93. The molecule has 1 N–H and O–H groups in total. The van der Waals surface area contributed by atoms with Gasteiger partial charge in [-0.3, -0.25) is 14.5 Å². The van der Waals surface area contributed by atoms with Crippen molar-refractivity contribution in [1.82, 2.24) is 20.0 Å². The standard InChI is InChI=1S/C18H22N4O2/c1-12-13(2)17(23)20-19-16(12)10-14-5-4-6-15(9-14)18(24)22-8-7-21(3)11-22/h4-6,9H,7-8,10-11H2,1-3H3,(H,20,23). The second-order valence-corrected chi connectivity index (χ2v) is 6.42. The Kier molecular flexibility index (Phi) is 4.49. The topological polar surface area (TPSA) is 69.3 Å². The molecule has 1 aromatic carbocycles. The summed E-state index contributed by atoms with van der Waals surface area (Å²) >= 11 is 0. The van der Waals surface area contributed by atoms with E-state index in [1.807, 2.05) is 43.1 Å². The fraction of sp³-hybridized carbons (Fsp3) is 0.389. The number of H-pyrrole nitrogens is 1. The third-order valence-corrected chi connectivity index (χ3v) is 4.62. The van der Waals surface area contributed by atoms with E-state index in [1.165, 1.54) is 0 Å². The molecule has 1 aliphatic heterocycles. The van der Waals surface area contributed by atoms with Gasteiger partial charge in [0, 0.05) is 30.6 Å². The average molecular weight is 326 g/mol. The molecule has 2 aromatic rings. The monoisotopic (exact) mass is 326 g/mol. The zero-order chi connectivity index (χ0) is 17.3. The molecule has 126 valence electrons. The molecular formula is C18H22N4O2. The molecule has 2 heterocycles. The number of hydrogen-bond donors (Lipinski definition) is 1. The Morgan fingerprint density at radius 2 is 2.04 bits per heavy atom. The average Bonchev–Trinajstić information content (AvgIpc) is 3.01. The van der Waals surface area contributed by atoms with Crippen LogP contribution in [0.1, 0.15) is 32.7 Å². The van der Waals surface area contributed by atoms with Crippen molar-refractivity contribution < 1.29 is 4.79 Å². The molecule has 0 radical (unpaired) electrons. The van der Waals surface area contributed by atoms with Crippen molar-refractivity contribution in [3.8, 4) is 0 Å². The molecule has 24 heavy (non-hydrogen) atoms. The molecule has 0 unspecified atom stereocenters. The molecule has 0 bridgehead atoms. The van der Waals surface area contributed by atoms with Gasteiger partial charge in [-0.25, -0.2) is 5.10 Å². The normalized spacial score (nSPS) is 15.0. The summed E-state index contributed by atoms with van der Waals surface area (Å²) in [6, 6.07) is 7.65. The molecule has 1 amide bonds. The maximum Gasteiger partial charge on any atom is 0.267 e. The summed E-state index contributed by atoms with van der Waals surface area (Å²) < 4.78 is 0. The van der Waals surface area contributed by atoms with Crippen LogP contribution in [0.4, 0.5) is 0 Å². The summed E-state index contributed by atoms with van der Waals surface area (Å²) in [5.41, 5.74) is 3.97. The molecule has 0 aliphatic carbocycles. The van der Waals surface area contributed by atoms with E-state index in [9.17, 15) is 9.59 Å². The van der Waals surface area contributed by atoms with Gasteiger partial charge >= 0.3 is 0 Å². The highest BCUT2D eigenvalue weighted by Gasteiger charge is 2.22. The van der Waals surface area contributed by atoms with E-state index in [1.54, 1.807) is 6.92 Å². The van der Waals surface area contributed by atoms with Crippen molar-refractivity contribution >= 4 is 5.91 Å². The van der Waals surface area contributed by atoms with Gasteiger partial charge in [-0.2, -0.15) is 5.10 Å². The molecule has 6 heteroatoms. The third-order valence-electron chi connectivity index (χ3n) is 4.62. The fourth-order valence-electron chi connectivity index (χ4n) is 2.93. The van der Waals surface area contributed by atoms with Crippen LogP contribution in [0.15, 0.2) is 29.1 Å². The van der Waals surface area contributed by atoms with Crippen molar-refractivity contribution in [2.24, 2.45) is 0 Å². The lowest BCUT2D eigenvalue weighted by atomic mass is 10.0. The zero-order valence-electron chi connectivity index (χ0n) is 14.3. The molecule has 0 saturated carbocycles. The van der Waals surface area contributed by atoms with Crippen LogP contribution < -0.4 is 5.56 Å². The van der Waals surface area contributed by atoms with Crippen molar-refractivity contribution in [2.45, 2.75) is 20.3 Å². The van der Waals surface area contributed by atoms with Crippen LogP contribution in [0, 0.1) is 13.8 Å². The molecule has 1 aliphatic rings. The highest BCUT2D eigenvalue weighted by atomic mass is 16.2. The quantitative estimate of drug-likeness (QED) is 0.924. The van der Waals surface area contributed by atoms with Crippen molar-refractivity contribution in [3.05, 3.63) is 62.6 Å². The van der Waals surface area contributed by atoms with Crippen LogP contribution in [0.3, 0.4) is 0 Å². The molecule has 1 fully saturated rings. The van der Waals surface area contributed by atoms with Crippen LogP contribution in [0.25, 0.3) is 0 Å². The summed E-state index contributed by atoms with van der Waals surface area (Å²) in [5, 5.41) is 6.69. The number of aromatic nitrogens is 2. The first-order valence-corrected chi connectivity index (χ1v) is 8.07. The van der Waals surface area contributed by atoms with Gasteiger partial charge in [0.2, 0.25) is 0 Å². The number of likely N-dealkylation sites (N-methyl/N-ethyl adjacent to an activating group) is 1. The van der Waals surface area contributed by atoms with Gasteiger partial charge in [-0.15, -0.1) is 0 Å². The Hall–Kier alpha value is -2.47. The number of carbonyl (C=O) groups excluding carboxylic acids is 1. The van der Waals surface area contributed by atoms with Crippen molar-refractivity contribution in [3.63, 3.8) is 0 Å². The maximum absolute atomic E-state index is 12.6. The lowest BCUT2D eigenvalue weighted by Crippen LogP contribution is -2.30. The van der Waals surface area contributed by atoms with Crippen molar-refractivity contribution in [1.29, 1.82) is 0 Å². The first kappa shape index (κ1) is 16.4. The largest absolute Gasteiger partial charge is 0.324 e. The van der Waals surface area contributed by atoms with Gasteiger partial charge < -0.3 is 4.90 Å². The van der Waals surface area contributed by atoms with E-state index in [4.69, 9.17) is 0 Å². The van der Waals surface area contributed by atoms with E-state index >= 15 is 0 Å². The summed E-state index contributed by atoms with van der Waals surface area (Å²) in [4.78, 5) is 28.2. The molecule has 6 nitrogen and oxygen atoms in total. The Morgan fingerprint density at radius 3 is 2.75 bits per heavy atom. The number of carbonyl (C=O) groups is 1. The predicted octanol–water partition coefficient (Wildman–Crippen LogP) is 1.32. The van der Waals surface area contributed by atoms with E-state index in [0.717, 1.165) is 29.9 Å². The number of benzene rings is 1. The smallest absolute Gasteiger partial charge is 0.267 e. The zero-order valence-corrected chi connectivity index (χ0v) is 14.3. The lowest BCUT2D eigenvalue weighted by molar-refractivity contribution is 0.0771. The predicted molar refractivity (Wildman–Crippen MR) is 92.1 cm³/mol. The Morgan fingerprint density at radius 1 is 1.25 bits per heavy atom. The van der Waals surface area contributed by atoms with Crippen LogP contribution in [0.2, 0.25) is 0 Å². The molecular weight excluding hydrogens is 304 g/mol. The van der Waals surface area contributed by atoms with Gasteiger partial charge in [0.1, 0.15) is 0 Å². The molecule has 3 rings (SSSR count). The van der Waals surface area contributed by atoms with E-state index in [2.05, 4.69) is 15.1 Å². The Labute approximate surface area is 141 Å². The number of amides is 1. The van der Waals surface area contributed by atoms with Crippen LogP contribution in [0.5, 0.6) is 0 Å². The third kappa shape index (κ3) is 3.23. The number of nitrogens with one attached hydrogen (secondary N) is 1. The highest BCUT2D eigenvalue weighted by Crippen LogP contribution is 2.16. The van der Waals surface area contributed by atoms with E-state index in [-0.39, 0.29) is 11.5 Å².